The first kappa shape index (κ1) is 68.0. The molecule has 4 saturated carbocycles. The van der Waals surface area contributed by atoms with Gasteiger partial charge in [0.05, 0.1) is 0 Å². The fourth-order valence-corrected chi connectivity index (χ4v) is 21.8. The summed E-state index contributed by atoms with van der Waals surface area (Å²) in [7, 11) is 10.8. The summed E-state index contributed by atoms with van der Waals surface area (Å²) >= 11 is 0. The van der Waals surface area contributed by atoms with Gasteiger partial charge >= 0.3 is 0 Å². The molecule has 8 atom stereocenters. The summed E-state index contributed by atoms with van der Waals surface area (Å²) in [5.74, 6) is 2.26. The highest BCUT2D eigenvalue weighted by molar-refractivity contribution is 5.68. The van der Waals surface area contributed by atoms with Gasteiger partial charge in [-0.1, -0.05) is 160 Å². The van der Waals surface area contributed by atoms with E-state index in [1.54, 1.807) is 22.3 Å². The minimum absolute atomic E-state index is 0.0142. The van der Waals surface area contributed by atoms with Crippen molar-refractivity contribution < 1.29 is 25.6 Å². The molecule has 0 saturated heterocycles. The van der Waals surface area contributed by atoms with E-state index in [1.807, 2.05) is 0 Å². The number of benzene rings is 5. The van der Waals surface area contributed by atoms with Crippen LogP contribution in [-0.2, 0) is 56.9 Å². The minimum Gasteiger partial charge on any atom is -0.201 e. The van der Waals surface area contributed by atoms with Gasteiger partial charge in [-0.15, -0.1) is 0 Å². The maximum Gasteiger partial charge on any atom is 0.212 e. The second-order valence-corrected chi connectivity index (χ2v) is 36.0. The van der Waals surface area contributed by atoms with Gasteiger partial charge in [0, 0.05) is 99.5 Å². The predicted molar refractivity (Wildman–Crippen MR) is 425 cm³/mol. The van der Waals surface area contributed by atoms with Crippen LogP contribution in [0.25, 0.3) is 56.3 Å². The van der Waals surface area contributed by atoms with Crippen molar-refractivity contribution in [2.75, 3.05) is 0 Å². The van der Waals surface area contributed by atoms with Crippen LogP contribution in [0.3, 0.4) is 0 Å². The van der Waals surface area contributed by atoms with E-state index in [4.69, 9.17) is 1.37 Å². The number of fused-ring (bicyclic) bond motifs is 21. The summed E-state index contributed by atoms with van der Waals surface area (Å²) in [6, 6.07) is 55.1. The van der Waals surface area contributed by atoms with Gasteiger partial charge in [-0.25, -0.2) is 22.8 Å². The van der Waals surface area contributed by atoms with Gasteiger partial charge < -0.3 is 0 Å². The maximum absolute atomic E-state index is 9.25. The van der Waals surface area contributed by atoms with Crippen molar-refractivity contribution in [1.29, 1.82) is 0 Å². The highest BCUT2D eigenvalue weighted by Crippen LogP contribution is 2.69. The van der Waals surface area contributed by atoms with Gasteiger partial charge in [0.1, 0.15) is 35.2 Å². The van der Waals surface area contributed by atoms with E-state index in [0.717, 1.165) is 43.4 Å². The van der Waals surface area contributed by atoms with Crippen LogP contribution in [0, 0.1) is 45.4 Å². The smallest absolute Gasteiger partial charge is 0.201 e. The average molecular weight is 1370 g/mol. The molecule has 0 N–H and O–H groups in total. The van der Waals surface area contributed by atoms with Crippen LogP contribution >= 0.6 is 0 Å². The maximum atomic E-state index is 9.25. The molecule has 0 radical (unpaired) electrons. The largest absolute Gasteiger partial charge is 0.212 e. The standard InChI is InChI=1S/2C21H26N.C20H26N.2C18H20N/c2*1-14-8-6-7-9-15(14)19-12-16-17-10-11-21(4,20(17,2)3)18(16)13-22(19)5;1-14-9-7-8-10-15(14)18-11-16-17(12-21(18)6)20(4,5)13-19(16,2)3;2*1-12-5-3-4-6-15(12)18-10-16-13-7-8-14(9-13)17(16)11-19(18)2/h2*6-9,12-13,17H,10-11H2,1-5H3;7-12H,13H2,1-6H3;2*3-6,10-11,13-14H,7-9H2,1-2H3/q5*+1/i17D;;;13D;. The quantitative estimate of drug-likeness (QED) is 0.153. The van der Waals surface area contributed by atoms with Crippen LogP contribution in [0.2, 0.25) is 0 Å². The molecule has 8 unspecified atom stereocenters. The molecule has 9 aliphatic rings. The summed E-state index contributed by atoms with van der Waals surface area (Å²) in [4.78, 5) is 0. The van der Waals surface area contributed by atoms with E-state index in [0.29, 0.717) is 16.7 Å². The van der Waals surface area contributed by atoms with Gasteiger partial charge in [0.15, 0.2) is 31.0 Å². The van der Waals surface area contributed by atoms with E-state index in [2.05, 4.69) is 345 Å². The van der Waals surface area contributed by atoms with Crippen molar-refractivity contribution in [3.05, 3.63) is 266 Å². The number of rotatable bonds is 5. The Hall–Kier alpha value is -8.15. The number of aryl methyl sites for hydroxylation is 10. The molecule has 5 aromatic carbocycles. The van der Waals surface area contributed by atoms with Crippen LogP contribution in [-0.4, -0.2) is 0 Å². The fraction of sp³-hybridized carbons (Fsp3) is 0.439. The number of pyridine rings is 5. The monoisotopic (exact) mass is 1370 g/mol. The summed E-state index contributed by atoms with van der Waals surface area (Å²) in [5, 5.41) is 0. The minimum atomic E-state index is -0.456. The topological polar surface area (TPSA) is 19.4 Å². The Balaban J connectivity index is 0.000000106. The fourth-order valence-electron chi connectivity index (χ4n) is 21.8. The highest BCUT2D eigenvalue weighted by atomic mass is 15.0. The molecule has 9 aliphatic carbocycles. The van der Waals surface area contributed by atoms with E-state index >= 15 is 0 Å². The molecule has 103 heavy (non-hydrogen) atoms. The Morgan fingerprint density at radius 3 is 1.14 bits per heavy atom. The number of aromatic nitrogens is 5. The van der Waals surface area contributed by atoms with Crippen LogP contribution in [0.1, 0.15) is 262 Å². The van der Waals surface area contributed by atoms with Gasteiger partial charge in [0.2, 0.25) is 28.5 Å². The van der Waals surface area contributed by atoms with E-state index in [9.17, 15) is 1.37 Å². The molecule has 5 heteroatoms. The van der Waals surface area contributed by atoms with Gasteiger partial charge in [-0.05, 0) is 248 Å². The molecular weight excluding hydrogens is 1250 g/mol. The van der Waals surface area contributed by atoms with Crippen LogP contribution < -0.4 is 22.8 Å². The number of nitrogens with zero attached hydrogens (tertiary/aromatic N) is 5. The third-order valence-corrected chi connectivity index (χ3v) is 28.5. The molecule has 5 nitrogen and oxygen atoms in total. The Bertz CT molecular complexity index is 5150. The third kappa shape index (κ3) is 11.6. The average Bonchev–Trinajstić information content (AvgIpc) is 1.51. The Kier molecular flexibility index (Phi) is 17.1. The van der Waals surface area contributed by atoms with Crippen molar-refractivity contribution in [3.63, 3.8) is 0 Å². The predicted octanol–water partition coefficient (Wildman–Crippen LogP) is 21.5. The first-order valence-electron chi connectivity index (χ1n) is 40.1. The first-order valence-corrected chi connectivity index (χ1v) is 39.1. The highest BCUT2D eigenvalue weighted by Gasteiger charge is 2.62. The van der Waals surface area contributed by atoms with Gasteiger partial charge in [-0.2, -0.15) is 0 Å². The van der Waals surface area contributed by atoms with Crippen LogP contribution in [0.4, 0.5) is 0 Å². The summed E-state index contributed by atoms with van der Waals surface area (Å²) in [6.07, 6.45) is 25.2. The molecule has 4 fully saturated rings. The van der Waals surface area contributed by atoms with Gasteiger partial charge in [0.25, 0.3) is 0 Å². The lowest BCUT2D eigenvalue weighted by Gasteiger charge is -2.34. The molecule has 0 amide bonds. The lowest BCUT2D eigenvalue weighted by Crippen LogP contribution is -2.36. The van der Waals surface area contributed by atoms with Crippen LogP contribution in [0.15, 0.2) is 183 Å². The lowest BCUT2D eigenvalue weighted by atomic mass is 9.69. The Morgan fingerprint density at radius 2 is 0.660 bits per heavy atom. The van der Waals surface area contributed by atoms with Crippen molar-refractivity contribution >= 4 is 0 Å². The van der Waals surface area contributed by atoms with E-state index < -0.39 is 5.89 Å². The van der Waals surface area contributed by atoms with Gasteiger partial charge in [-0.3, -0.25) is 0 Å². The molecule has 5 aromatic heterocycles. The summed E-state index contributed by atoms with van der Waals surface area (Å²) < 4.78 is 29.4. The lowest BCUT2D eigenvalue weighted by molar-refractivity contribution is -0.661. The zero-order valence-corrected chi connectivity index (χ0v) is 66.1. The molecular formula is C98H118N5+5. The molecule has 0 aliphatic heterocycles. The second kappa shape index (κ2) is 25.9. The van der Waals surface area contributed by atoms with E-state index in [1.165, 1.54) is 162 Å². The second-order valence-electron chi connectivity index (χ2n) is 36.0. The number of hydrogen-bond acceptors (Lipinski definition) is 0. The molecule has 530 valence electrons. The molecule has 5 heterocycles. The van der Waals surface area contributed by atoms with Crippen molar-refractivity contribution in [2.24, 2.45) is 46.1 Å². The first-order chi connectivity index (χ1) is 49.6. The Morgan fingerprint density at radius 1 is 0.320 bits per heavy atom. The van der Waals surface area contributed by atoms with Crippen molar-refractivity contribution in [1.82, 2.24) is 0 Å². The van der Waals surface area contributed by atoms with Crippen LogP contribution in [0.5, 0.6) is 0 Å². The van der Waals surface area contributed by atoms with Crippen molar-refractivity contribution in [2.45, 2.75) is 232 Å². The zero-order chi connectivity index (χ0) is 74.6. The summed E-state index contributed by atoms with van der Waals surface area (Å²) in [6.45, 7) is 34.8. The molecule has 19 rings (SSSR count). The third-order valence-electron chi connectivity index (χ3n) is 28.5. The number of hydrogen-bond donors (Lipinski definition) is 0. The molecule has 10 aromatic rings. The molecule has 8 bridgehead atoms. The normalized spacial score (nSPS) is 26.2. The zero-order valence-electron chi connectivity index (χ0n) is 68.1. The van der Waals surface area contributed by atoms with Crippen molar-refractivity contribution in [3.8, 4) is 56.3 Å². The SMILES string of the molecule is Cc1ccccc1-c1cc2c(c[n+]1C)C(C)(C)CC2(C)C.Cc1ccccc1-c1cc2c(c[n+]1C)C1(C)CCC2C1(C)C.Cc1ccccc1-c1cc2c(c[n+]1C)C1CCC2C1.[2H]C12CCC(C)(c3c[n+](C)c(-c4ccccc4C)cc31)C2(C)C.[2H]C12CCC(C1)c1c[n+](C)c(-c3ccccc3C)cc12. The molecule has 0 spiro atoms. The van der Waals surface area contributed by atoms with E-state index in [-0.39, 0.29) is 27.6 Å². The summed E-state index contributed by atoms with van der Waals surface area (Å²) in [5.41, 5.74) is 35.9. The Labute approximate surface area is 622 Å².